The van der Waals surface area contributed by atoms with Gasteiger partial charge >= 0.3 is 5.97 Å². The first-order valence-electron chi connectivity index (χ1n) is 8.23. The molecule has 0 spiro atoms. The SMILES string of the molecule is COC(=O)C(C)(C)c1ccc(C2COC(C3=CC=C(F)CC3)=N2)cn1. The normalized spacial score (nSPS) is 20.3. The van der Waals surface area contributed by atoms with Gasteiger partial charge < -0.3 is 9.47 Å². The minimum absolute atomic E-state index is 0.119. The van der Waals surface area contributed by atoms with Crippen molar-refractivity contribution in [2.45, 2.75) is 38.1 Å². The van der Waals surface area contributed by atoms with Gasteiger partial charge in [-0.1, -0.05) is 12.1 Å². The second kappa shape index (κ2) is 6.78. The fraction of sp³-hybridized carbons (Fsp3) is 0.421. The number of pyridine rings is 1. The molecule has 0 amide bonds. The highest BCUT2D eigenvalue weighted by atomic mass is 19.1. The number of esters is 1. The number of ether oxygens (including phenoxy) is 2. The van der Waals surface area contributed by atoms with Crippen molar-refractivity contribution in [2.24, 2.45) is 4.99 Å². The average Bonchev–Trinajstić information content (AvgIpc) is 3.11. The molecule has 6 heteroatoms. The van der Waals surface area contributed by atoms with E-state index < -0.39 is 5.41 Å². The molecule has 0 N–H and O–H groups in total. The van der Waals surface area contributed by atoms with Gasteiger partial charge in [0, 0.05) is 18.2 Å². The minimum Gasteiger partial charge on any atom is -0.475 e. The Morgan fingerprint density at radius 1 is 1.32 bits per heavy atom. The smallest absolute Gasteiger partial charge is 0.317 e. The van der Waals surface area contributed by atoms with E-state index in [1.807, 2.05) is 12.1 Å². The van der Waals surface area contributed by atoms with E-state index in [2.05, 4.69) is 9.98 Å². The summed E-state index contributed by atoms with van der Waals surface area (Å²) < 4.78 is 23.6. The highest BCUT2D eigenvalue weighted by Gasteiger charge is 2.33. The molecule has 1 aliphatic carbocycles. The van der Waals surface area contributed by atoms with Crippen LogP contribution in [0.5, 0.6) is 0 Å². The average molecular weight is 344 g/mol. The van der Waals surface area contributed by atoms with Gasteiger partial charge in [-0.15, -0.1) is 0 Å². The maximum absolute atomic E-state index is 13.1. The van der Waals surface area contributed by atoms with Crippen LogP contribution in [-0.2, 0) is 19.7 Å². The number of hydrogen-bond donors (Lipinski definition) is 0. The van der Waals surface area contributed by atoms with Gasteiger partial charge in [-0.2, -0.15) is 0 Å². The summed E-state index contributed by atoms with van der Waals surface area (Å²) in [5.74, 6) is 0.126. The van der Waals surface area contributed by atoms with Crippen molar-refractivity contribution in [2.75, 3.05) is 13.7 Å². The van der Waals surface area contributed by atoms with Crippen molar-refractivity contribution in [1.29, 1.82) is 0 Å². The van der Waals surface area contributed by atoms with Crippen LogP contribution in [0, 0.1) is 0 Å². The zero-order valence-corrected chi connectivity index (χ0v) is 14.6. The number of aliphatic imine (C=N–C) groups is 1. The molecule has 2 heterocycles. The zero-order valence-electron chi connectivity index (χ0n) is 14.6. The van der Waals surface area contributed by atoms with E-state index >= 15 is 0 Å². The number of rotatable bonds is 4. The number of carbonyl (C=O) groups excluding carboxylic acids is 1. The molecule has 132 valence electrons. The summed E-state index contributed by atoms with van der Waals surface area (Å²) >= 11 is 0. The Morgan fingerprint density at radius 3 is 2.72 bits per heavy atom. The van der Waals surface area contributed by atoms with Crippen LogP contribution in [0.15, 0.2) is 46.9 Å². The Balaban J connectivity index is 1.77. The molecule has 0 saturated heterocycles. The van der Waals surface area contributed by atoms with E-state index in [-0.39, 0.29) is 17.8 Å². The van der Waals surface area contributed by atoms with Crippen molar-refractivity contribution in [3.8, 4) is 0 Å². The Hall–Kier alpha value is -2.50. The quantitative estimate of drug-likeness (QED) is 0.784. The van der Waals surface area contributed by atoms with E-state index in [0.717, 1.165) is 11.1 Å². The predicted octanol–water partition coefficient (Wildman–Crippen LogP) is 3.58. The molecular formula is C19H21FN2O3. The lowest BCUT2D eigenvalue weighted by Crippen LogP contribution is -2.31. The van der Waals surface area contributed by atoms with Crippen molar-refractivity contribution in [1.82, 2.24) is 4.98 Å². The lowest BCUT2D eigenvalue weighted by molar-refractivity contribution is -0.146. The summed E-state index contributed by atoms with van der Waals surface area (Å²) in [7, 11) is 1.37. The predicted molar refractivity (Wildman–Crippen MR) is 91.9 cm³/mol. The molecule has 25 heavy (non-hydrogen) atoms. The van der Waals surface area contributed by atoms with E-state index in [4.69, 9.17) is 9.47 Å². The third kappa shape index (κ3) is 3.48. The summed E-state index contributed by atoms with van der Waals surface area (Å²) in [6, 6.07) is 3.58. The van der Waals surface area contributed by atoms with Crippen LogP contribution in [0.4, 0.5) is 4.39 Å². The van der Waals surface area contributed by atoms with Crippen molar-refractivity contribution < 1.29 is 18.7 Å². The molecule has 1 aliphatic heterocycles. The number of nitrogens with zero attached hydrogens (tertiary/aromatic N) is 2. The molecule has 0 fully saturated rings. The summed E-state index contributed by atoms with van der Waals surface area (Å²) in [6.07, 6.45) is 5.88. The molecule has 0 aromatic carbocycles. The third-order valence-electron chi connectivity index (χ3n) is 4.53. The molecule has 2 aliphatic rings. The topological polar surface area (TPSA) is 60.8 Å². The largest absolute Gasteiger partial charge is 0.475 e. The summed E-state index contributed by atoms with van der Waals surface area (Å²) in [4.78, 5) is 20.9. The van der Waals surface area contributed by atoms with Gasteiger partial charge in [0.05, 0.1) is 12.8 Å². The summed E-state index contributed by atoms with van der Waals surface area (Å²) in [6.45, 7) is 3.98. The van der Waals surface area contributed by atoms with Gasteiger partial charge in [0.15, 0.2) is 0 Å². The van der Waals surface area contributed by atoms with Crippen molar-refractivity contribution >= 4 is 11.9 Å². The first-order chi connectivity index (χ1) is 11.9. The highest BCUT2D eigenvalue weighted by Crippen LogP contribution is 2.30. The van der Waals surface area contributed by atoms with Crippen LogP contribution in [0.3, 0.4) is 0 Å². The number of allylic oxidation sites excluding steroid dienone is 3. The van der Waals surface area contributed by atoms with Crippen LogP contribution in [0.2, 0.25) is 0 Å². The number of aromatic nitrogens is 1. The first-order valence-corrected chi connectivity index (χ1v) is 8.23. The number of hydrogen-bond acceptors (Lipinski definition) is 5. The molecular weight excluding hydrogens is 323 g/mol. The maximum atomic E-state index is 13.1. The third-order valence-corrected chi connectivity index (χ3v) is 4.53. The lowest BCUT2D eigenvalue weighted by atomic mass is 9.88. The molecule has 0 radical (unpaired) electrons. The van der Waals surface area contributed by atoms with E-state index in [9.17, 15) is 9.18 Å². The Bertz CT molecular complexity index is 763. The van der Waals surface area contributed by atoms with E-state index in [1.54, 1.807) is 26.1 Å². The highest BCUT2D eigenvalue weighted by molar-refractivity contribution is 5.95. The maximum Gasteiger partial charge on any atom is 0.317 e. The van der Waals surface area contributed by atoms with E-state index in [0.29, 0.717) is 31.0 Å². The van der Waals surface area contributed by atoms with Gasteiger partial charge in [0.25, 0.3) is 0 Å². The Labute approximate surface area is 146 Å². The second-order valence-electron chi connectivity index (χ2n) is 6.66. The zero-order chi connectivity index (χ0) is 18.0. The molecule has 3 rings (SSSR count). The summed E-state index contributed by atoms with van der Waals surface area (Å²) in [5.41, 5.74) is 1.66. The molecule has 5 nitrogen and oxygen atoms in total. The van der Waals surface area contributed by atoms with Crippen molar-refractivity contribution in [3.05, 3.63) is 53.1 Å². The number of methoxy groups -OCH3 is 1. The minimum atomic E-state index is -0.808. The standard InChI is InChI=1S/C19H21FN2O3/c1-19(2,18(23)24-3)16-9-6-13(10-21-16)15-11-25-17(22-15)12-4-7-14(20)8-5-12/h4,6-7,9-10,15H,5,8,11H2,1-3H3. The molecule has 1 unspecified atom stereocenters. The first kappa shape index (κ1) is 17.3. The van der Waals surface area contributed by atoms with E-state index in [1.165, 1.54) is 13.2 Å². The Kier molecular flexibility index (Phi) is 4.70. The van der Waals surface area contributed by atoms with Gasteiger partial charge in [-0.25, -0.2) is 9.38 Å². The summed E-state index contributed by atoms with van der Waals surface area (Å²) in [5, 5.41) is 0. The Morgan fingerprint density at radius 2 is 2.12 bits per heavy atom. The lowest BCUT2D eigenvalue weighted by Gasteiger charge is -2.21. The van der Waals surface area contributed by atoms with Crippen LogP contribution < -0.4 is 0 Å². The number of carbonyl (C=O) groups is 1. The van der Waals surface area contributed by atoms with Crippen LogP contribution in [0.1, 0.15) is 44.0 Å². The van der Waals surface area contributed by atoms with Crippen LogP contribution >= 0.6 is 0 Å². The van der Waals surface area contributed by atoms with Crippen molar-refractivity contribution in [3.63, 3.8) is 0 Å². The van der Waals surface area contributed by atoms with Gasteiger partial charge in [-0.05, 0) is 38.0 Å². The van der Waals surface area contributed by atoms with Gasteiger partial charge in [0.1, 0.15) is 23.9 Å². The fourth-order valence-electron chi connectivity index (χ4n) is 2.84. The molecule has 0 bridgehead atoms. The number of halogens is 1. The van der Waals surface area contributed by atoms with Gasteiger partial charge in [0.2, 0.25) is 5.90 Å². The fourth-order valence-corrected chi connectivity index (χ4v) is 2.84. The monoisotopic (exact) mass is 344 g/mol. The molecule has 1 aromatic heterocycles. The van der Waals surface area contributed by atoms with Crippen LogP contribution in [-0.4, -0.2) is 30.6 Å². The van der Waals surface area contributed by atoms with Gasteiger partial charge in [-0.3, -0.25) is 9.78 Å². The van der Waals surface area contributed by atoms with Crippen LogP contribution in [0.25, 0.3) is 0 Å². The second-order valence-corrected chi connectivity index (χ2v) is 6.66. The molecule has 1 atom stereocenters. The molecule has 0 saturated carbocycles. The molecule has 1 aromatic rings.